The molecule has 1 saturated carbocycles. The molecule has 11 heavy (non-hydrogen) atoms. The van der Waals surface area contributed by atoms with Crippen LogP contribution >= 0.6 is 0 Å². The van der Waals surface area contributed by atoms with Gasteiger partial charge in [0.05, 0.1) is 0 Å². The van der Waals surface area contributed by atoms with Gasteiger partial charge in [0.15, 0.2) is 0 Å². The van der Waals surface area contributed by atoms with Crippen LogP contribution in [0.5, 0.6) is 0 Å². The third kappa shape index (κ3) is 1.76. The van der Waals surface area contributed by atoms with Crippen LogP contribution in [-0.2, 0) is 0 Å². The number of hydrogen-bond donors (Lipinski definition) is 1. The first-order valence-electron chi connectivity index (χ1n) is 4.75. The second-order valence-electron chi connectivity index (χ2n) is 4.80. The Kier molecular flexibility index (Phi) is 2.29. The maximum absolute atomic E-state index is 6.18. The maximum atomic E-state index is 6.18. The SMILES string of the molecule is CC(C)CC1CC1(N)C(C)C. The van der Waals surface area contributed by atoms with Gasteiger partial charge >= 0.3 is 0 Å². The minimum absolute atomic E-state index is 0.199. The van der Waals surface area contributed by atoms with Crippen LogP contribution < -0.4 is 5.73 Å². The Balaban J connectivity index is 2.35. The molecule has 0 amide bonds. The molecular weight excluding hydrogens is 134 g/mol. The lowest BCUT2D eigenvalue weighted by molar-refractivity contribution is 0.403. The Bertz CT molecular complexity index is 140. The number of nitrogens with two attached hydrogens (primary N) is 1. The molecule has 1 heteroatoms. The van der Waals surface area contributed by atoms with E-state index in [0.29, 0.717) is 5.92 Å². The van der Waals surface area contributed by atoms with E-state index in [2.05, 4.69) is 27.7 Å². The minimum atomic E-state index is 0.199. The molecule has 2 N–H and O–H groups in total. The van der Waals surface area contributed by atoms with Crippen molar-refractivity contribution in [1.29, 1.82) is 0 Å². The van der Waals surface area contributed by atoms with Crippen LogP contribution in [0.2, 0.25) is 0 Å². The highest BCUT2D eigenvalue weighted by atomic mass is 14.9. The molecule has 0 aromatic rings. The normalized spacial score (nSPS) is 36.8. The lowest BCUT2D eigenvalue weighted by atomic mass is 9.96. The zero-order chi connectivity index (χ0) is 8.65. The van der Waals surface area contributed by atoms with Gasteiger partial charge in [-0.15, -0.1) is 0 Å². The number of hydrogen-bond acceptors (Lipinski definition) is 1. The zero-order valence-corrected chi connectivity index (χ0v) is 8.22. The van der Waals surface area contributed by atoms with Gasteiger partial charge in [-0.05, 0) is 30.6 Å². The summed E-state index contributed by atoms with van der Waals surface area (Å²) in [6.45, 7) is 9.03. The highest BCUT2D eigenvalue weighted by Crippen LogP contribution is 2.49. The summed E-state index contributed by atoms with van der Waals surface area (Å²) in [4.78, 5) is 0. The van der Waals surface area contributed by atoms with Crippen molar-refractivity contribution in [2.24, 2.45) is 23.5 Å². The van der Waals surface area contributed by atoms with Crippen LogP contribution in [0.1, 0.15) is 40.5 Å². The molecule has 0 aliphatic heterocycles. The van der Waals surface area contributed by atoms with Gasteiger partial charge in [0, 0.05) is 5.54 Å². The fourth-order valence-electron chi connectivity index (χ4n) is 1.95. The Morgan fingerprint density at radius 2 is 1.91 bits per heavy atom. The van der Waals surface area contributed by atoms with E-state index in [4.69, 9.17) is 5.73 Å². The molecule has 0 heterocycles. The van der Waals surface area contributed by atoms with Gasteiger partial charge in [-0.25, -0.2) is 0 Å². The van der Waals surface area contributed by atoms with Crippen molar-refractivity contribution in [2.75, 3.05) is 0 Å². The lowest BCUT2D eigenvalue weighted by Gasteiger charge is -2.16. The van der Waals surface area contributed by atoms with Crippen molar-refractivity contribution in [1.82, 2.24) is 0 Å². The predicted molar refractivity (Wildman–Crippen MR) is 49.3 cm³/mol. The molecule has 2 unspecified atom stereocenters. The molecule has 0 aromatic heterocycles. The molecular formula is C10H21N. The van der Waals surface area contributed by atoms with Crippen molar-refractivity contribution in [2.45, 2.75) is 46.1 Å². The second-order valence-corrected chi connectivity index (χ2v) is 4.80. The molecule has 1 aliphatic rings. The summed E-state index contributed by atoms with van der Waals surface area (Å²) in [5.74, 6) is 2.28. The Labute approximate surface area is 70.4 Å². The quantitative estimate of drug-likeness (QED) is 0.665. The lowest BCUT2D eigenvalue weighted by Crippen LogP contribution is -2.31. The third-order valence-electron chi connectivity index (χ3n) is 3.03. The highest BCUT2D eigenvalue weighted by Gasteiger charge is 2.52. The van der Waals surface area contributed by atoms with E-state index in [9.17, 15) is 0 Å². The largest absolute Gasteiger partial charge is 0.325 e. The van der Waals surface area contributed by atoms with Crippen molar-refractivity contribution in [3.05, 3.63) is 0 Å². The summed E-state index contributed by atoms with van der Waals surface area (Å²) >= 11 is 0. The summed E-state index contributed by atoms with van der Waals surface area (Å²) in [5.41, 5.74) is 6.38. The molecule has 0 bridgehead atoms. The average Bonchev–Trinajstić information content (AvgIpc) is 2.42. The van der Waals surface area contributed by atoms with Gasteiger partial charge in [0.25, 0.3) is 0 Å². The molecule has 1 fully saturated rings. The van der Waals surface area contributed by atoms with E-state index in [1.54, 1.807) is 0 Å². The van der Waals surface area contributed by atoms with Gasteiger partial charge < -0.3 is 5.73 Å². The fourth-order valence-corrected chi connectivity index (χ4v) is 1.95. The zero-order valence-electron chi connectivity index (χ0n) is 8.22. The van der Waals surface area contributed by atoms with Crippen molar-refractivity contribution >= 4 is 0 Å². The van der Waals surface area contributed by atoms with E-state index < -0.39 is 0 Å². The van der Waals surface area contributed by atoms with Gasteiger partial charge in [-0.2, -0.15) is 0 Å². The Morgan fingerprint density at radius 1 is 1.36 bits per heavy atom. The van der Waals surface area contributed by atoms with Crippen LogP contribution in [0.25, 0.3) is 0 Å². The molecule has 1 rings (SSSR count). The van der Waals surface area contributed by atoms with Gasteiger partial charge in [0.1, 0.15) is 0 Å². The highest BCUT2D eigenvalue weighted by molar-refractivity contribution is 5.09. The van der Waals surface area contributed by atoms with Crippen LogP contribution in [0.4, 0.5) is 0 Å². The standard InChI is InChI=1S/C10H21N/c1-7(2)5-9-6-10(9,11)8(3)4/h7-9H,5-6,11H2,1-4H3. The summed E-state index contributed by atoms with van der Waals surface area (Å²) in [6, 6.07) is 0. The van der Waals surface area contributed by atoms with Gasteiger partial charge in [-0.1, -0.05) is 27.7 Å². The monoisotopic (exact) mass is 155 g/mol. The van der Waals surface area contributed by atoms with E-state index in [1.807, 2.05) is 0 Å². The maximum Gasteiger partial charge on any atom is 0.0210 e. The topological polar surface area (TPSA) is 26.0 Å². The Hall–Kier alpha value is -0.0400. The second kappa shape index (κ2) is 2.78. The molecule has 66 valence electrons. The van der Waals surface area contributed by atoms with E-state index in [-0.39, 0.29) is 5.54 Å². The predicted octanol–water partition coefficient (Wildman–Crippen LogP) is 2.41. The van der Waals surface area contributed by atoms with Crippen molar-refractivity contribution in [3.63, 3.8) is 0 Å². The first-order chi connectivity index (χ1) is 4.97. The van der Waals surface area contributed by atoms with E-state index in [1.165, 1.54) is 12.8 Å². The fraction of sp³-hybridized carbons (Fsp3) is 1.00. The summed E-state index contributed by atoms with van der Waals surface area (Å²) in [5, 5.41) is 0. The third-order valence-corrected chi connectivity index (χ3v) is 3.03. The van der Waals surface area contributed by atoms with E-state index in [0.717, 1.165) is 11.8 Å². The van der Waals surface area contributed by atoms with Gasteiger partial charge in [-0.3, -0.25) is 0 Å². The van der Waals surface area contributed by atoms with Gasteiger partial charge in [0.2, 0.25) is 0 Å². The van der Waals surface area contributed by atoms with Crippen LogP contribution in [0.3, 0.4) is 0 Å². The molecule has 1 nitrogen and oxygen atoms in total. The molecule has 0 spiro atoms. The van der Waals surface area contributed by atoms with E-state index >= 15 is 0 Å². The average molecular weight is 155 g/mol. The van der Waals surface area contributed by atoms with Crippen LogP contribution in [0, 0.1) is 17.8 Å². The van der Waals surface area contributed by atoms with Crippen LogP contribution in [-0.4, -0.2) is 5.54 Å². The van der Waals surface area contributed by atoms with Crippen molar-refractivity contribution in [3.8, 4) is 0 Å². The number of rotatable bonds is 3. The smallest absolute Gasteiger partial charge is 0.0210 e. The molecule has 0 saturated heterocycles. The van der Waals surface area contributed by atoms with Crippen LogP contribution in [0.15, 0.2) is 0 Å². The first-order valence-corrected chi connectivity index (χ1v) is 4.75. The molecule has 0 aromatic carbocycles. The summed E-state index contributed by atoms with van der Waals surface area (Å²) in [7, 11) is 0. The minimum Gasteiger partial charge on any atom is -0.325 e. The Morgan fingerprint density at radius 3 is 2.18 bits per heavy atom. The summed E-state index contributed by atoms with van der Waals surface area (Å²) in [6.07, 6.45) is 2.57. The first kappa shape index (κ1) is 9.05. The molecule has 1 aliphatic carbocycles. The summed E-state index contributed by atoms with van der Waals surface area (Å²) < 4.78 is 0. The molecule has 2 atom stereocenters. The molecule has 0 radical (unpaired) electrons. The van der Waals surface area contributed by atoms with Crippen molar-refractivity contribution < 1.29 is 0 Å².